The molecule has 124 valence electrons. The van der Waals surface area contributed by atoms with Gasteiger partial charge in [-0.05, 0) is 24.3 Å². The fourth-order valence-electron chi connectivity index (χ4n) is 1.42. The van der Waals surface area contributed by atoms with E-state index in [1.54, 1.807) is 0 Å². The van der Waals surface area contributed by atoms with E-state index in [0.29, 0.717) is 0 Å². The smallest absolute Gasteiger partial charge is 0.284 e. The van der Waals surface area contributed by atoms with E-state index in [2.05, 4.69) is 19.6 Å². The van der Waals surface area contributed by atoms with Crippen molar-refractivity contribution < 1.29 is 34.2 Å². The van der Waals surface area contributed by atoms with E-state index in [-0.39, 0.29) is 22.9 Å². The van der Waals surface area contributed by atoms with Crippen molar-refractivity contribution >= 4 is 17.5 Å². The molecule has 2 aromatic carbocycles. The molecule has 0 amide bonds. The van der Waals surface area contributed by atoms with E-state index in [1.165, 1.54) is 24.3 Å². The molecular formula is C13H8N2O9. The van der Waals surface area contributed by atoms with E-state index >= 15 is 0 Å². The van der Waals surface area contributed by atoms with Gasteiger partial charge in [-0.15, -0.1) is 0 Å². The first-order valence-corrected chi connectivity index (χ1v) is 6.17. The Kier molecular flexibility index (Phi) is 5.08. The number of hydrogen-bond acceptors (Lipinski definition) is 9. The van der Waals surface area contributed by atoms with Gasteiger partial charge in [-0.1, -0.05) is 0 Å². The summed E-state index contributed by atoms with van der Waals surface area (Å²) in [6, 6.07) is 9.44. The number of rotatable bonds is 6. The first kappa shape index (κ1) is 16.5. The van der Waals surface area contributed by atoms with Gasteiger partial charge in [0.1, 0.15) is 0 Å². The van der Waals surface area contributed by atoms with Crippen molar-refractivity contribution in [3.8, 4) is 11.5 Å². The topological polar surface area (TPSA) is 140 Å². The standard InChI is InChI=1S/C13H8N2O9/c16-13(23-21-11-5-1-9(2-6-11)14(17)18)24-22-12-7-3-10(4-8-12)15(19)20/h1-8H. The van der Waals surface area contributed by atoms with Gasteiger partial charge in [0.15, 0.2) is 11.5 Å². The van der Waals surface area contributed by atoms with E-state index in [1.807, 2.05) is 0 Å². The van der Waals surface area contributed by atoms with Crippen LogP contribution in [0.1, 0.15) is 0 Å². The Balaban J connectivity index is 1.78. The monoisotopic (exact) mass is 336 g/mol. The zero-order valence-corrected chi connectivity index (χ0v) is 11.7. The van der Waals surface area contributed by atoms with Crippen LogP contribution < -0.4 is 9.78 Å². The molecule has 0 saturated carbocycles. The molecule has 0 saturated heterocycles. The van der Waals surface area contributed by atoms with Crippen molar-refractivity contribution in [2.75, 3.05) is 0 Å². The van der Waals surface area contributed by atoms with Gasteiger partial charge in [0.05, 0.1) is 9.85 Å². The van der Waals surface area contributed by atoms with Gasteiger partial charge in [-0.25, -0.2) is 9.78 Å². The zero-order chi connectivity index (χ0) is 17.5. The highest BCUT2D eigenvalue weighted by atomic mass is 17.3. The summed E-state index contributed by atoms with van der Waals surface area (Å²) in [5.41, 5.74) is -0.321. The quantitative estimate of drug-likeness (QED) is 0.442. The van der Waals surface area contributed by atoms with Crippen molar-refractivity contribution in [3.63, 3.8) is 0 Å². The molecule has 0 heterocycles. The van der Waals surface area contributed by atoms with Crippen LogP contribution in [0, 0.1) is 20.2 Å². The molecule has 0 N–H and O–H groups in total. The Morgan fingerprint density at radius 2 is 1.04 bits per heavy atom. The predicted octanol–water partition coefficient (Wildman–Crippen LogP) is 2.94. The molecule has 2 rings (SSSR count). The number of benzene rings is 2. The number of hydrogen-bond donors (Lipinski definition) is 0. The van der Waals surface area contributed by atoms with Crippen molar-refractivity contribution in [1.82, 2.24) is 0 Å². The molecule has 0 aliphatic heterocycles. The lowest BCUT2D eigenvalue weighted by Crippen LogP contribution is -2.12. The van der Waals surface area contributed by atoms with Crippen LogP contribution in [0.4, 0.5) is 16.2 Å². The van der Waals surface area contributed by atoms with Crippen molar-refractivity contribution in [3.05, 3.63) is 68.8 Å². The van der Waals surface area contributed by atoms with Gasteiger partial charge < -0.3 is 0 Å². The number of nitro benzene ring substituents is 2. The van der Waals surface area contributed by atoms with Gasteiger partial charge in [-0.3, -0.25) is 30.0 Å². The lowest BCUT2D eigenvalue weighted by molar-refractivity contribution is -0.385. The third-order valence-electron chi connectivity index (χ3n) is 2.51. The number of nitrogens with zero attached hydrogens (tertiary/aromatic N) is 2. The summed E-state index contributed by atoms with van der Waals surface area (Å²) in [4.78, 5) is 48.6. The van der Waals surface area contributed by atoms with Gasteiger partial charge in [0.2, 0.25) is 0 Å². The summed E-state index contributed by atoms with van der Waals surface area (Å²) < 4.78 is 0. The summed E-state index contributed by atoms with van der Waals surface area (Å²) in [7, 11) is 0. The van der Waals surface area contributed by atoms with Crippen LogP contribution in [-0.2, 0) is 9.78 Å². The molecule has 0 aliphatic carbocycles. The number of non-ortho nitro benzene ring substituents is 2. The summed E-state index contributed by atoms with van der Waals surface area (Å²) in [6.45, 7) is 0. The molecule has 0 bridgehead atoms. The highest BCUT2D eigenvalue weighted by Gasteiger charge is 2.12. The minimum Gasteiger partial charge on any atom is -0.284 e. The second kappa shape index (κ2) is 7.40. The molecule has 0 spiro atoms. The molecule has 11 heteroatoms. The van der Waals surface area contributed by atoms with E-state index < -0.39 is 16.0 Å². The third-order valence-corrected chi connectivity index (χ3v) is 2.51. The normalized spacial score (nSPS) is 9.67. The SMILES string of the molecule is O=C(OOc1ccc([N+](=O)[O-])cc1)OOc1ccc([N+](=O)[O-])cc1. The van der Waals surface area contributed by atoms with Crippen molar-refractivity contribution in [2.45, 2.75) is 0 Å². The van der Waals surface area contributed by atoms with Crippen LogP contribution >= 0.6 is 0 Å². The maximum atomic E-state index is 11.2. The highest BCUT2D eigenvalue weighted by molar-refractivity contribution is 5.58. The Labute approximate surface area is 133 Å². The maximum absolute atomic E-state index is 11.2. The lowest BCUT2D eigenvalue weighted by atomic mass is 10.3. The van der Waals surface area contributed by atoms with Gasteiger partial charge in [0.25, 0.3) is 11.4 Å². The van der Waals surface area contributed by atoms with Crippen LogP contribution in [-0.4, -0.2) is 16.0 Å². The van der Waals surface area contributed by atoms with E-state index in [9.17, 15) is 25.0 Å². The molecular weight excluding hydrogens is 328 g/mol. The van der Waals surface area contributed by atoms with E-state index in [4.69, 9.17) is 0 Å². The minimum absolute atomic E-state index is 0.0212. The van der Waals surface area contributed by atoms with E-state index in [0.717, 1.165) is 24.3 Å². The summed E-state index contributed by atoms with van der Waals surface area (Å²) >= 11 is 0. The molecule has 0 aliphatic rings. The summed E-state index contributed by atoms with van der Waals surface area (Å²) in [6.07, 6.45) is -1.35. The molecule has 0 atom stereocenters. The Bertz CT molecular complexity index is 680. The number of carbonyl (C=O) groups excluding carboxylic acids is 1. The molecule has 2 aromatic rings. The first-order chi connectivity index (χ1) is 11.5. The zero-order valence-electron chi connectivity index (χ0n) is 11.7. The molecule has 0 aromatic heterocycles. The van der Waals surface area contributed by atoms with Crippen LogP contribution in [0.25, 0.3) is 0 Å². The summed E-state index contributed by atoms with van der Waals surface area (Å²) in [5.74, 6) is 0.0424. The number of carbonyl (C=O) groups is 1. The second-order valence-corrected chi connectivity index (χ2v) is 4.09. The first-order valence-electron chi connectivity index (χ1n) is 6.17. The Hall–Kier alpha value is -3.89. The highest BCUT2D eigenvalue weighted by Crippen LogP contribution is 2.19. The van der Waals surface area contributed by atoms with Crippen molar-refractivity contribution in [1.29, 1.82) is 0 Å². The average molecular weight is 336 g/mol. The molecule has 24 heavy (non-hydrogen) atoms. The second-order valence-electron chi connectivity index (χ2n) is 4.09. The van der Waals surface area contributed by atoms with Gasteiger partial charge in [0, 0.05) is 24.3 Å². The van der Waals surface area contributed by atoms with Gasteiger partial charge in [-0.2, -0.15) is 4.79 Å². The maximum Gasteiger partial charge on any atom is 0.591 e. The minimum atomic E-state index is -1.35. The molecule has 11 nitrogen and oxygen atoms in total. The largest absolute Gasteiger partial charge is 0.591 e. The van der Waals surface area contributed by atoms with Crippen LogP contribution in [0.2, 0.25) is 0 Å². The molecule has 0 fully saturated rings. The molecule has 0 radical (unpaired) electrons. The van der Waals surface area contributed by atoms with Crippen LogP contribution in [0.3, 0.4) is 0 Å². The molecule has 0 unspecified atom stereocenters. The van der Waals surface area contributed by atoms with Crippen LogP contribution in [0.5, 0.6) is 11.5 Å². The fraction of sp³-hybridized carbons (Fsp3) is 0. The predicted molar refractivity (Wildman–Crippen MR) is 75.0 cm³/mol. The third kappa shape index (κ3) is 4.56. The number of nitro groups is 2. The lowest BCUT2D eigenvalue weighted by Gasteiger charge is -2.04. The van der Waals surface area contributed by atoms with Crippen molar-refractivity contribution in [2.24, 2.45) is 0 Å². The fourth-order valence-corrected chi connectivity index (χ4v) is 1.42. The summed E-state index contributed by atoms with van der Waals surface area (Å²) in [5, 5.41) is 20.9. The Morgan fingerprint density at radius 3 is 1.33 bits per heavy atom. The van der Waals surface area contributed by atoms with Crippen LogP contribution in [0.15, 0.2) is 48.5 Å². The average Bonchev–Trinajstić information content (AvgIpc) is 2.58. The Morgan fingerprint density at radius 1 is 0.708 bits per heavy atom. The van der Waals surface area contributed by atoms with Gasteiger partial charge >= 0.3 is 6.16 Å².